The van der Waals surface area contributed by atoms with Gasteiger partial charge < -0.3 is 5.32 Å². The first-order valence-electron chi connectivity index (χ1n) is 4.36. The summed E-state index contributed by atoms with van der Waals surface area (Å²) in [5, 5.41) is 4.12. The molecule has 0 aliphatic rings. The Labute approximate surface area is 88.2 Å². The Balaban J connectivity index is 2.24. The van der Waals surface area contributed by atoms with Gasteiger partial charge in [0, 0.05) is 23.2 Å². The van der Waals surface area contributed by atoms with E-state index in [2.05, 4.69) is 30.4 Å². The molecule has 13 heavy (non-hydrogen) atoms. The van der Waals surface area contributed by atoms with Gasteiger partial charge in [0.2, 0.25) is 0 Å². The van der Waals surface area contributed by atoms with Gasteiger partial charge in [-0.1, -0.05) is 6.92 Å². The summed E-state index contributed by atoms with van der Waals surface area (Å²) < 4.78 is 0. The lowest BCUT2D eigenvalue weighted by Gasteiger charge is -2.08. The third-order valence-corrected chi connectivity index (χ3v) is 3.87. The fourth-order valence-corrected chi connectivity index (χ4v) is 2.00. The van der Waals surface area contributed by atoms with Crippen molar-refractivity contribution in [1.82, 2.24) is 10.3 Å². The van der Waals surface area contributed by atoms with Gasteiger partial charge in [-0.25, -0.2) is 4.98 Å². The fraction of sp³-hybridized carbons (Fsp3) is 0.667. The maximum absolute atomic E-state index is 4.21. The van der Waals surface area contributed by atoms with Crippen molar-refractivity contribution in [2.24, 2.45) is 0 Å². The highest BCUT2D eigenvalue weighted by Gasteiger charge is 2.02. The number of thioether (sulfide) groups is 1. The molecule has 1 heterocycles. The molecule has 1 aromatic heterocycles. The molecule has 0 aliphatic carbocycles. The van der Waals surface area contributed by atoms with Crippen LogP contribution in [0.2, 0.25) is 0 Å². The van der Waals surface area contributed by atoms with Crippen molar-refractivity contribution in [3.63, 3.8) is 0 Å². The maximum Gasteiger partial charge on any atom is 0.0798 e. The lowest BCUT2D eigenvalue weighted by molar-refractivity contribution is 0.688. The van der Waals surface area contributed by atoms with Gasteiger partial charge in [0.15, 0.2) is 0 Å². The van der Waals surface area contributed by atoms with E-state index in [0.29, 0.717) is 5.25 Å². The smallest absolute Gasteiger partial charge is 0.0798 e. The molecular weight excluding hydrogens is 200 g/mol. The molecule has 1 unspecified atom stereocenters. The number of rotatable bonds is 5. The second kappa shape index (κ2) is 5.62. The van der Waals surface area contributed by atoms with Gasteiger partial charge in [-0.3, -0.25) is 0 Å². The van der Waals surface area contributed by atoms with Crippen LogP contribution in [-0.4, -0.2) is 23.0 Å². The lowest BCUT2D eigenvalue weighted by atomic mass is 10.4. The van der Waals surface area contributed by atoms with E-state index in [1.165, 1.54) is 4.88 Å². The van der Waals surface area contributed by atoms with Crippen molar-refractivity contribution in [3.05, 3.63) is 16.1 Å². The van der Waals surface area contributed by atoms with Crippen molar-refractivity contribution in [2.75, 3.05) is 12.8 Å². The van der Waals surface area contributed by atoms with Crippen LogP contribution in [0, 0.1) is 6.92 Å². The first-order valence-corrected chi connectivity index (χ1v) is 6.53. The molecule has 4 heteroatoms. The van der Waals surface area contributed by atoms with E-state index < -0.39 is 0 Å². The number of aromatic nitrogens is 1. The number of hydrogen-bond acceptors (Lipinski definition) is 4. The second-order valence-electron chi connectivity index (χ2n) is 3.04. The molecule has 1 N–H and O–H groups in total. The molecule has 0 aromatic carbocycles. The highest BCUT2D eigenvalue weighted by atomic mass is 32.2. The van der Waals surface area contributed by atoms with Gasteiger partial charge in [0.05, 0.1) is 11.2 Å². The summed E-state index contributed by atoms with van der Waals surface area (Å²) in [6.45, 7) is 6.32. The molecule has 0 spiro atoms. The predicted molar refractivity (Wildman–Crippen MR) is 61.5 cm³/mol. The van der Waals surface area contributed by atoms with Crippen LogP contribution in [0.1, 0.15) is 17.5 Å². The van der Waals surface area contributed by atoms with E-state index in [9.17, 15) is 0 Å². The Bertz CT molecular complexity index is 248. The van der Waals surface area contributed by atoms with Gasteiger partial charge in [0.1, 0.15) is 0 Å². The summed E-state index contributed by atoms with van der Waals surface area (Å²) in [5.74, 6) is 0. The molecule has 0 saturated heterocycles. The fourth-order valence-electron chi connectivity index (χ4n) is 0.968. The highest BCUT2D eigenvalue weighted by molar-refractivity contribution is 7.99. The number of thiazole rings is 1. The summed E-state index contributed by atoms with van der Waals surface area (Å²) in [7, 11) is 0. The van der Waals surface area contributed by atoms with E-state index in [-0.39, 0.29) is 0 Å². The van der Waals surface area contributed by atoms with Gasteiger partial charge in [0.25, 0.3) is 0 Å². The zero-order valence-corrected chi connectivity index (χ0v) is 9.97. The summed E-state index contributed by atoms with van der Waals surface area (Å²) in [6, 6.07) is 0. The van der Waals surface area contributed by atoms with Crippen LogP contribution >= 0.6 is 23.1 Å². The van der Waals surface area contributed by atoms with Crippen molar-refractivity contribution in [1.29, 1.82) is 0 Å². The molecule has 0 bridgehead atoms. The van der Waals surface area contributed by atoms with Crippen LogP contribution in [0.4, 0.5) is 0 Å². The average molecular weight is 216 g/mol. The standard InChI is InChI=1S/C9H16N2S2/c1-7(12-3)4-10-5-9-8(2)11-6-13-9/h6-7,10H,4-5H2,1-3H3. The monoisotopic (exact) mass is 216 g/mol. The Morgan fingerprint density at radius 3 is 3.00 bits per heavy atom. The molecule has 2 nitrogen and oxygen atoms in total. The van der Waals surface area contributed by atoms with E-state index >= 15 is 0 Å². The van der Waals surface area contributed by atoms with Gasteiger partial charge in [-0.2, -0.15) is 11.8 Å². The maximum atomic E-state index is 4.21. The normalized spacial score (nSPS) is 13.2. The molecule has 0 aliphatic heterocycles. The molecule has 1 aromatic rings. The van der Waals surface area contributed by atoms with Crippen molar-refractivity contribution in [2.45, 2.75) is 25.6 Å². The quantitative estimate of drug-likeness (QED) is 0.817. The lowest BCUT2D eigenvalue weighted by Crippen LogP contribution is -2.21. The zero-order valence-electron chi connectivity index (χ0n) is 8.33. The largest absolute Gasteiger partial charge is 0.311 e. The number of hydrogen-bond donors (Lipinski definition) is 1. The first-order chi connectivity index (χ1) is 6.24. The molecule has 0 saturated carbocycles. The third-order valence-electron chi connectivity index (χ3n) is 1.96. The van der Waals surface area contributed by atoms with E-state index in [0.717, 1.165) is 18.8 Å². The molecule has 1 rings (SSSR count). The van der Waals surface area contributed by atoms with Gasteiger partial charge in [-0.15, -0.1) is 11.3 Å². The van der Waals surface area contributed by atoms with Crippen molar-refractivity contribution >= 4 is 23.1 Å². The highest BCUT2D eigenvalue weighted by Crippen LogP contribution is 2.11. The number of nitrogens with zero attached hydrogens (tertiary/aromatic N) is 1. The SMILES string of the molecule is CSC(C)CNCc1scnc1C. The van der Waals surface area contributed by atoms with Gasteiger partial charge in [-0.05, 0) is 13.2 Å². The average Bonchev–Trinajstić information content (AvgIpc) is 2.52. The Morgan fingerprint density at radius 2 is 2.46 bits per heavy atom. The van der Waals surface area contributed by atoms with Crippen molar-refractivity contribution < 1.29 is 0 Å². The third kappa shape index (κ3) is 3.67. The van der Waals surface area contributed by atoms with Crippen molar-refractivity contribution in [3.8, 4) is 0 Å². The van der Waals surface area contributed by atoms with Crippen LogP contribution in [0.25, 0.3) is 0 Å². The minimum absolute atomic E-state index is 0.688. The number of aryl methyl sites for hydroxylation is 1. The van der Waals surface area contributed by atoms with Crippen LogP contribution in [0.5, 0.6) is 0 Å². The summed E-state index contributed by atoms with van der Waals surface area (Å²) in [4.78, 5) is 5.56. The summed E-state index contributed by atoms with van der Waals surface area (Å²) in [5.41, 5.74) is 3.07. The molecule has 0 radical (unpaired) electrons. The summed E-state index contributed by atoms with van der Waals surface area (Å²) >= 11 is 3.62. The van der Waals surface area contributed by atoms with Crippen LogP contribution in [-0.2, 0) is 6.54 Å². The Morgan fingerprint density at radius 1 is 1.69 bits per heavy atom. The number of nitrogens with one attached hydrogen (secondary N) is 1. The second-order valence-corrected chi connectivity index (χ2v) is 5.25. The molecule has 1 atom stereocenters. The van der Waals surface area contributed by atoms with E-state index in [4.69, 9.17) is 0 Å². The minimum Gasteiger partial charge on any atom is -0.311 e. The Hall–Kier alpha value is -0.0600. The van der Waals surface area contributed by atoms with E-state index in [1.807, 2.05) is 17.3 Å². The molecule has 74 valence electrons. The molecule has 0 amide bonds. The van der Waals surface area contributed by atoms with Crippen LogP contribution in [0.3, 0.4) is 0 Å². The summed E-state index contributed by atoms with van der Waals surface area (Å²) in [6.07, 6.45) is 2.14. The van der Waals surface area contributed by atoms with Crippen LogP contribution in [0.15, 0.2) is 5.51 Å². The first kappa shape index (κ1) is 11.0. The zero-order chi connectivity index (χ0) is 9.68. The predicted octanol–water partition coefficient (Wildman–Crippen LogP) is 2.29. The van der Waals surface area contributed by atoms with Gasteiger partial charge >= 0.3 is 0 Å². The Kier molecular flexibility index (Phi) is 4.77. The molecular formula is C9H16N2S2. The molecule has 0 fully saturated rings. The minimum atomic E-state index is 0.688. The van der Waals surface area contributed by atoms with E-state index in [1.54, 1.807) is 11.3 Å². The topological polar surface area (TPSA) is 24.9 Å². The van der Waals surface area contributed by atoms with Crippen LogP contribution < -0.4 is 5.32 Å².